The van der Waals surface area contributed by atoms with Crippen LogP contribution < -0.4 is 0 Å². The Balaban J connectivity index is 1.80. The molecule has 100 valence electrons. The summed E-state index contributed by atoms with van der Waals surface area (Å²) in [6.07, 6.45) is 7.92. The first kappa shape index (κ1) is 12.9. The molecule has 0 unspecified atom stereocenters. The molecule has 0 spiro atoms. The number of Topliss-reactive ketones (excluding diaryl/α,β-unsaturated/α-hetero) is 1. The Morgan fingerprint density at radius 1 is 1.21 bits per heavy atom. The quantitative estimate of drug-likeness (QED) is 0.813. The molecule has 1 saturated carbocycles. The van der Waals surface area contributed by atoms with Crippen molar-refractivity contribution >= 4 is 32.6 Å². The lowest BCUT2D eigenvalue weighted by molar-refractivity contribution is -0.124. The number of hydrogen-bond acceptors (Lipinski definition) is 1. The number of ketones is 1. The molecular formula is C16H18BrNO. The zero-order valence-electron chi connectivity index (χ0n) is 10.9. The number of benzene rings is 1. The Hall–Kier alpha value is -1.09. The van der Waals surface area contributed by atoms with Crippen LogP contribution in [-0.4, -0.2) is 10.4 Å². The van der Waals surface area contributed by atoms with Gasteiger partial charge in [0.1, 0.15) is 0 Å². The highest BCUT2D eigenvalue weighted by Crippen LogP contribution is 2.26. The number of carbonyl (C=O) groups excluding carboxylic acids is 1. The van der Waals surface area contributed by atoms with Gasteiger partial charge in [0.05, 0.1) is 6.54 Å². The van der Waals surface area contributed by atoms with Crippen LogP contribution in [0.5, 0.6) is 0 Å². The summed E-state index contributed by atoms with van der Waals surface area (Å²) in [5.74, 6) is 0.690. The van der Waals surface area contributed by atoms with Crippen LogP contribution in [-0.2, 0) is 11.3 Å². The highest BCUT2D eigenvalue weighted by Gasteiger charge is 2.21. The molecule has 0 aliphatic heterocycles. The number of nitrogens with zero attached hydrogens (tertiary/aromatic N) is 1. The van der Waals surface area contributed by atoms with Crippen LogP contribution in [0.15, 0.2) is 34.9 Å². The molecule has 0 radical (unpaired) electrons. The molecule has 2 aromatic rings. The van der Waals surface area contributed by atoms with E-state index in [1.807, 2.05) is 12.3 Å². The van der Waals surface area contributed by atoms with Gasteiger partial charge in [-0.15, -0.1) is 0 Å². The van der Waals surface area contributed by atoms with Crippen LogP contribution in [0.2, 0.25) is 0 Å². The summed E-state index contributed by atoms with van der Waals surface area (Å²) in [6.45, 7) is 0.518. The average Bonchev–Trinajstić information content (AvgIpc) is 2.82. The van der Waals surface area contributed by atoms with E-state index >= 15 is 0 Å². The predicted molar refractivity (Wildman–Crippen MR) is 81.2 cm³/mol. The van der Waals surface area contributed by atoms with Gasteiger partial charge in [0.25, 0.3) is 0 Å². The van der Waals surface area contributed by atoms with E-state index in [9.17, 15) is 4.79 Å². The summed E-state index contributed by atoms with van der Waals surface area (Å²) in [6, 6.07) is 8.29. The average molecular weight is 320 g/mol. The molecule has 19 heavy (non-hydrogen) atoms. The minimum absolute atomic E-state index is 0.290. The molecule has 1 aromatic heterocycles. The summed E-state index contributed by atoms with van der Waals surface area (Å²) in [7, 11) is 0. The molecule has 0 bridgehead atoms. The van der Waals surface area contributed by atoms with Crippen molar-refractivity contribution in [2.75, 3.05) is 0 Å². The molecule has 0 atom stereocenters. The lowest BCUT2D eigenvalue weighted by Crippen LogP contribution is -2.22. The predicted octanol–water partition coefficient (Wildman–Crippen LogP) is 4.55. The molecule has 1 heterocycles. The fourth-order valence-corrected chi connectivity index (χ4v) is 3.37. The van der Waals surface area contributed by atoms with Crippen LogP contribution >= 0.6 is 15.9 Å². The molecule has 1 aliphatic rings. The third kappa shape index (κ3) is 2.76. The topological polar surface area (TPSA) is 22.0 Å². The maximum Gasteiger partial charge on any atom is 0.155 e. The van der Waals surface area contributed by atoms with Crippen molar-refractivity contribution < 1.29 is 4.79 Å². The summed E-state index contributed by atoms with van der Waals surface area (Å²) in [4.78, 5) is 12.4. The molecule has 0 saturated heterocycles. The molecular weight excluding hydrogens is 302 g/mol. The Kier molecular flexibility index (Phi) is 3.74. The second kappa shape index (κ2) is 5.49. The first-order valence-electron chi connectivity index (χ1n) is 7.01. The molecule has 0 N–H and O–H groups in total. The summed E-state index contributed by atoms with van der Waals surface area (Å²) in [5.41, 5.74) is 1.14. The Morgan fingerprint density at radius 3 is 2.79 bits per heavy atom. The molecule has 3 rings (SSSR count). The first-order chi connectivity index (χ1) is 9.24. The smallest absolute Gasteiger partial charge is 0.155 e. The zero-order chi connectivity index (χ0) is 13.2. The van der Waals surface area contributed by atoms with Gasteiger partial charge in [0.2, 0.25) is 0 Å². The van der Waals surface area contributed by atoms with Crippen molar-refractivity contribution in [3.8, 4) is 0 Å². The highest BCUT2D eigenvalue weighted by molar-refractivity contribution is 9.10. The third-order valence-corrected chi connectivity index (χ3v) is 4.62. The van der Waals surface area contributed by atoms with E-state index in [1.54, 1.807) is 0 Å². The molecule has 1 fully saturated rings. The fraction of sp³-hybridized carbons (Fsp3) is 0.438. The van der Waals surface area contributed by atoms with E-state index in [2.05, 4.69) is 38.7 Å². The number of aromatic nitrogens is 1. The van der Waals surface area contributed by atoms with Gasteiger partial charge in [-0.1, -0.05) is 41.3 Å². The van der Waals surface area contributed by atoms with Crippen LogP contribution in [0, 0.1) is 5.92 Å². The molecule has 3 heteroatoms. The van der Waals surface area contributed by atoms with Crippen molar-refractivity contribution in [2.45, 2.75) is 38.6 Å². The van der Waals surface area contributed by atoms with Crippen LogP contribution in [0.25, 0.3) is 10.9 Å². The van der Waals surface area contributed by atoms with Gasteiger partial charge in [0.15, 0.2) is 5.78 Å². The van der Waals surface area contributed by atoms with E-state index < -0.39 is 0 Å². The lowest BCUT2D eigenvalue weighted by Gasteiger charge is -2.20. The summed E-state index contributed by atoms with van der Waals surface area (Å²) < 4.78 is 3.14. The Morgan fingerprint density at radius 2 is 2.00 bits per heavy atom. The minimum atomic E-state index is 0.290. The van der Waals surface area contributed by atoms with Crippen molar-refractivity contribution in [2.24, 2.45) is 5.92 Å². The molecule has 0 amide bonds. The summed E-state index contributed by atoms with van der Waals surface area (Å²) in [5, 5.41) is 1.19. The van der Waals surface area contributed by atoms with Gasteiger partial charge >= 0.3 is 0 Å². The Labute approximate surface area is 121 Å². The van der Waals surface area contributed by atoms with Crippen molar-refractivity contribution in [3.05, 3.63) is 34.9 Å². The maximum atomic E-state index is 12.4. The number of rotatable bonds is 3. The normalized spacial score (nSPS) is 16.9. The highest BCUT2D eigenvalue weighted by atomic mass is 79.9. The minimum Gasteiger partial charge on any atom is -0.340 e. The summed E-state index contributed by atoms with van der Waals surface area (Å²) >= 11 is 3.50. The SMILES string of the molecule is O=C(Cn1ccc2ccc(Br)cc21)C1CCCCC1. The van der Waals surface area contributed by atoms with E-state index in [0.29, 0.717) is 18.2 Å². The van der Waals surface area contributed by atoms with Crippen molar-refractivity contribution in [1.82, 2.24) is 4.57 Å². The number of hydrogen-bond donors (Lipinski definition) is 0. The standard InChI is InChI=1S/C16H18BrNO/c17-14-7-6-12-8-9-18(15(12)10-14)11-16(19)13-4-2-1-3-5-13/h6-10,13H,1-5,11H2. The number of fused-ring (bicyclic) bond motifs is 1. The molecule has 1 aliphatic carbocycles. The van der Waals surface area contributed by atoms with Gasteiger partial charge in [-0.3, -0.25) is 4.79 Å². The Bertz CT molecular complexity index is 596. The number of halogens is 1. The van der Waals surface area contributed by atoms with E-state index in [0.717, 1.165) is 22.8 Å². The van der Waals surface area contributed by atoms with E-state index in [1.165, 1.54) is 24.6 Å². The van der Waals surface area contributed by atoms with Gasteiger partial charge in [-0.2, -0.15) is 0 Å². The van der Waals surface area contributed by atoms with Gasteiger partial charge in [-0.25, -0.2) is 0 Å². The number of carbonyl (C=O) groups is 1. The lowest BCUT2D eigenvalue weighted by atomic mass is 9.86. The second-order valence-corrected chi connectivity index (χ2v) is 6.36. The monoisotopic (exact) mass is 319 g/mol. The van der Waals surface area contributed by atoms with Gasteiger partial charge in [0, 0.05) is 22.1 Å². The van der Waals surface area contributed by atoms with Crippen LogP contribution in [0.1, 0.15) is 32.1 Å². The fourth-order valence-electron chi connectivity index (χ4n) is 3.02. The molecule has 1 aromatic carbocycles. The molecule has 2 nitrogen and oxygen atoms in total. The van der Waals surface area contributed by atoms with E-state index in [4.69, 9.17) is 0 Å². The zero-order valence-corrected chi connectivity index (χ0v) is 12.5. The van der Waals surface area contributed by atoms with Gasteiger partial charge < -0.3 is 4.57 Å². The van der Waals surface area contributed by atoms with E-state index in [-0.39, 0.29) is 0 Å². The van der Waals surface area contributed by atoms with Crippen LogP contribution in [0.4, 0.5) is 0 Å². The van der Waals surface area contributed by atoms with Crippen molar-refractivity contribution in [1.29, 1.82) is 0 Å². The van der Waals surface area contributed by atoms with Gasteiger partial charge in [-0.05, 0) is 36.4 Å². The van der Waals surface area contributed by atoms with Crippen LogP contribution in [0.3, 0.4) is 0 Å². The maximum absolute atomic E-state index is 12.4. The first-order valence-corrected chi connectivity index (χ1v) is 7.80. The largest absolute Gasteiger partial charge is 0.340 e. The third-order valence-electron chi connectivity index (χ3n) is 4.12. The van der Waals surface area contributed by atoms with Crippen molar-refractivity contribution in [3.63, 3.8) is 0 Å². The second-order valence-electron chi connectivity index (χ2n) is 5.45.